The third kappa shape index (κ3) is 7.08. The number of benzene rings is 4. The van der Waals surface area contributed by atoms with Gasteiger partial charge < -0.3 is 37.2 Å². The van der Waals surface area contributed by atoms with Crippen LogP contribution < -0.4 is 58.0 Å². The predicted molar refractivity (Wildman–Crippen MR) is 160 cm³/mol. The van der Waals surface area contributed by atoms with Gasteiger partial charge in [-0.3, -0.25) is 0 Å². The van der Waals surface area contributed by atoms with Crippen molar-refractivity contribution in [2.45, 2.75) is 41.5 Å². The molecule has 0 radical (unpaired) electrons. The maximum absolute atomic E-state index is 2.60. The topological polar surface area (TPSA) is 0 Å². The first-order valence-corrected chi connectivity index (χ1v) is 14.8. The molecule has 0 spiro atoms. The summed E-state index contributed by atoms with van der Waals surface area (Å²) in [5, 5.41) is 5.82. The molecule has 5 heteroatoms. The third-order valence-corrected chi connectivity index (χ3v) is 11.9. The Hall–Kier alpha value is -1.97. The van der Waals surface area contributed by atoms with Crippen LogP contribution in [0.4, 0.5) is 0 Å². The van der Waals surface area contributed by atoms with Crippen LogP contribution in [-0.4, -0.2) is 8.07 Å². The van der Waals surface area contributed by atoms with Gasteiger partial charge in [0.05, 0.1) is 0 Å². The molecule has 0 N–H and O–H groups in total. The second kappa shape index (κ2) is 14.8. The minimum absolute atomic E-state index is 0. The third-order valence-electron chi connectivity index (χ3n) is 7.26. The second-order valence-electron chi connectivity index (χ2n) is 10.6. The van der Waals surface area contributed by atoms with Crippen molar-refractivity contribution < 1.29 is 58.9 Å². The molecular weight excluding hydrogens is 603 g/mol. The molecule has 0 bridgehead atoms. The summed E-state index contributed by atoms with van der Waals surface area (Å²) in [4.78, 5) is 0. The molecule has 0 amide bonds. The Labute approximate surface area is 275 Å². The van der Waals surface area contributed by atoms with Crippen molar-refractivity contribution in [2.75, 3.05) is 0 Å². The minimum atomic E-state index is -2.60. The van der Waals surface area contributed by atoms with E-state index in [0.717, 1.165) is 0 Å². The average Bonchev–Trinajstić information content (AvgIpc) is 3.29. The smallest absolute Gasteiger partial charge is 1.00 e. The normalized spacial score (nSPS) is 10.4. The van der Waals surface area contributed by atoms with Crippen LogP contribution >= 0.6 is 0 Å². The SMILES string of the molecule is Cc1cc(C)cc([Si](c2cc(C)cc(C)c2)(c2cc(C)cc(C)c2)[c-]2ccc(-c3ccccc3)c2)c1.[Cl-].[Cl-].[Cl-].[Ti+4]. The van der Waals surface area contributed by atoms with Crippen LogP contribution in [0.25, 0.3) is 11.1 Å². The maximum Gasteiger partial charge on any atom is 4.00 e. The molecule has 204 valence electrons. The number of hydrogen-bond acceptors (Lipinski definition) is 0. The summed E-state index contributed by atoms with van der Waals surface area (Å²) in [7, 11) is -2.60. The molecule has 0 heterocycles. The van der Waals surface area contributed by atoms with Crippen molar-refractivity contribution in [1.29, 1.82) is 0 Å². The molecule has 0 fully saturated rings. The number of hydrogen-bond donors (Lipinski definition) is 0. The Bertz CT molecular complexity index is 1370. The van der Waals surface area contributed by atoms with Gasteiger partial charge in [0, 0.05) is 0 Å². The number of aryl methyl sites for hydroxylation is 6. The zero-order valence-corrected chi connectivity index (χ0v) is 28.8. The van der Waals surface area contributed by atoms with Crippen LogP contribution in [-0.2, 0) is 21.7 Å². The number of rotatable bonds is 5. The molecule has 0 aromatic heterocycles. The fraction of sp³-hybridized carbons (Fsp3) is 0.171. The van der Waals surface area contributed by atoms with Gasteiger partial charge in [0.2, 0.25) is 0 Å². The van der Waals surface area contributed by atoms with E-state index >= 15 is 0 Å². The van der Waals surface area contributed by atoms with E-state index in [9.17, 15) is 0 Å². The van der Waals surface area contributed by atoms with Gasteiger partial charge in [-0.05, 0) is 41.5 Å². The Morgan fingerprint density at radius 3 is 1.15 bits per heavy atom. The molecule has 5 aromatic carbocycles. The van der Waals surface area contributed by atoms with Crippen molar-refractivity contribution >= 4 is 28.8 Å². The van der Waals surface area contributed by atoms with E-state index < -0.39 is 8.07 Å². The van der Waals surface area contributed by atoms with Gasteiger partial charge in [-0.2, -0.15) is 17.7 Å². The zero-order valence-electron chi connectivity index (χ0n) is 23.9. The number of halogens is 3. The van der Waals surface area contributed by atoms with Crippen molar-refractivity contribution in [3.63, 3.8) is 0 Å². The molecule has 5 aromatic rings. The summed E-state index contributed by atoms with van der Waals surface area (Å²) in [6.45, 7) is 13.4. The molecule has 40 heavy (non-hydrogen) atoms. The summed E-state index contributed by atoms with van der Waals surface area (Å²) < 4.78 is 0. The van der Waals surface area contributed by atoms with Crippen LogP contribution in [0, 0.1) is 41.5 Å². The molecule has 0 nitrogen and oxygen atoms in total. The molecule has 0 saturated heterocycles. The quantitative estimate of drug-likeness (QED) is 0.112. The van der Waals surface area contributed by atoms with E-state index in [-0.39, 0.29) is 58.9 Å². The minimum Gasteiger partial charge on any atom is -1.00 e. The van der Waals surface area contributed by atoms with Gasteiger partial charge in [-0.25, -0.2) is 6.07 Å². The standard InChI is InChI=1S/C35H35Si.3ClH.Ti/c1-24-14-25(2)18-33(17-24)36(34-19-26(3)15-27(4)20-34,35-21-28(5)16-29(6)22-35)32-13-12-31(23-32)30-10-8-7-9-11-30;;;;/h7-23H,1-6H3;3*1H;/q-1;;;;+4/p-3. The van der Waals surface area contributed by atoms with Gasteiger partial charge >= 0.3 is 21.7 Å². The van der Waals surface area contributed by atoms with E-state index in [0.29, 0.717) is 0 Å². The summed E-state index contributed by atoms with van der Waals surface area (Å²) >= 11 is 0. The van der Waals surface area contributed by atoms with Crippen molar-refractivity contribution in [3.8, 4) is 11.1 Å². The van der Waals surface area contributed by atoms with E-state index in [2.05, 4.69) is 145 Å². The summed E-state index contributed by atoms with van der Waals surface area (Å²) in [6.07, 6.45) is 0. The first kappa shape index (κ1) is 36.1. The van der Waals surface area contributed by atoms with Crippen molar-refractivity contribution in [1.82, 2.24) is 0 Å². The summed E-state index contributed by atoms with van der Waals surface area (Å²) in [5.74, 6) is 0. The summed E-state index contributed by atoms with van der Waals surface area (Å²) in [5.41, 5.74) is 10.5. The second-order valence-corrected chi connectivity index (χ2v) is 14.4. The van der Waals surface area contributed by atoms with Gasteiger partial charge in [-0.1, -0.05) is 139 Å². The van der Waals surface area contributed by atoms with E-state index in [4.69, 9.17) is 0 Å². The van der Waals surface area contributed by atoms with Gasteiger partial charge in [0.1, 0.15) is 8.07 Å². The van der Waals surface area contributed by atoms with Gasteiger partial charge in [0.15, 0.2) is 0 Å². The van der Waals surface area contributed by atoms with Crippen LogP contribution in [0.1, 0.15) is 33.4 Å². The Kier molecular flexibility index (Phi) is 13.3. The van der Waals surface area contributed by atoms with Crippen molar-refractivity contribution in [2.24, 2.45) is 0 Å². The molecule has 0 aliphatic heterocycles. The molecular formula is C35H35Cl3SiTi. The van der Waals surface area contributed by atoms with Crippen LogP contribution in [0.2, 0.25) is 0 Å². The fourth-order valence-electron chi connectivity index (χ4n) is 6.06. The van der Waals surface area contributed by atoms with Crippen molar-refractivity contribution in [3.05, 3.63) is 137 Å². The molecule has 0 unspecified atom stereocenters. The Morgan fingerprint density at radius 2 is 0.800 bits per heavy atom. The zero-order chi connectivity index (χ0) is 25.4. The van der Waals surface area contributed by atoms with E-state index in [1.54, 1.807) is 0 Å². The van der Waals surface area contributed by atoms with E-state index in [1.807, 2.05) is 0 Å². The van der Waals surface area contributed by atoms with Gasteiger partial charge in [-0.15, -0.1) is 5.19 Å². The molecule has 0 atom stereocenters. The van der Waals surface area contributed by atoms with Gasteiger partial charge in [0.25, 0.3) is 0 Å². The first-order valence-electron chi connectivity index (χ1n) is 12.8. The average molecular weight is 638 g/mol. The van der Waals surface area contributed by atoms with Crippen LogP contribution in [0.5, 0.6) is 0 Å². The Morgan fingerprint density at radius 1 is 0.450 bits per heavy atom. The monoisotopic (exact) mass is 636 g/mol. The largest absolute Gasteiger partial charge is 4.00 e. The summed E-state index contributed by atoms with van der Waals surface area (Å²) in [6, 6.07) is 39.6. The first-order chi connectivity index (χ1) is 17.3. The molecule has 0 aliphatic rings. The fourth-order valence-corrected chi connectivity index (χ4v) is 11.4. The van der Waals surface area contributed by atoms with E-state index in [1.165, 1.54) is 65.3 Å². The molecule has 0 aliphatic carbocycles. The van der Waals surface area contributed by atoms with Crippen LogP contribution in [0.15, 0.2) is 103 Å². The molecule has 5 rings (SSSR count). The molecule has 0 saturated carbocycles. The Balaban J connectivity index is 0.00000200. The maximum atomic E-state index is 2.47. The predicted octanol–water partition coefficient (Wildman–Crippen LogP) is -2.69. The van der Waals surface area contributed by atoms with Crippen LogP contribution in [0.3, 0.4) is 0 Å².